The fraction of sp³-hybridized carbons (Fsp3) is 0.263. The van der Waals surface area contributed by atoms with Gasteiger partial charge in [0, 0.05) is 5.56 Å². The summed E-state index contributed by atoms with van der Waals surface area (Å²) >= 11 is 0. The molecule has 2 N–H and O–H groups in total. The predicted octanol–water partition coefficient (Wildman–Crippen LogP) is 2.45. The predicted molar refractivity (Wildman–Crippen MR) is 87.4 cm³/mol. The Balaban J connectivity index is 1.77. The molecule has 1 aliphatic carbocycles. The average molecular weight is 309 g/mol. The number of carbonyl (C=O) groups excluding carboxylic acids is 2. The fourth-order valence-electron chi connectivity index (χ4n) is 3.16. The molecule has 0 saturated heterocycles. The SMILES string of the molecule is CC(=O)c1ccccc1C(=O)NCC1(O)CCc2ccccc21. The van der Waals surface area contributed by atoms with E-state index in [0.29, 0.717) is 17.5 Å². The number of hydrogen-bond acceptors (Lipinski definition) is 3. The second-order valence-electron chi connectivity index (χ2n) is 5.97. The van der Waals surface area contributed by atoms with E-state index in [1.807, 2.05) is 24.3 Å². The molecule has 0 bridgehead atoms. The average Bonchev–Trinajstić information content (AvgIpc) is 2.91. The van der Waals surface area contributed by atoms with Crippen molar-refractivity contribution < 1.29 is 14.7 Å². The van der Waals surface area contributed by atoms with Crippen molar-refractivity contribution in [3.05, 3.63) is 70.8 Å². The van der Waals surface area contributed by atoms with Gasteiger partial charge in [-0.25, -0.2) is 0 Å². The summed E-state index contributed by atoms with van der Waals surface area (Å²) in [6.45, 7) is 1.57. The zero-order chi connectivity index (χ0) is 16.4. The lowest BCUT2D eigenvalue weighted by Gasteiger charge is -2.24. The quantitative estimate of drug-likeness (QED) is 0.853. The number of hydrogen-bond donors (Lipinski definition) is 2. The highest BCUT2D eigenvalue weighted by Gasteiger charge is 2.36. The first kappa shape index (κ1) is 15.4. The first-order chi connectivity index (χ1) is 11.0. The summed E-state index contributed by atoms with van der Waals surface area (Å²) in [7, 11) is 0. The first-order valence-corrected chi connectivity index (χ1v) is 7.70. The van der Waals surface area contributed by atoms with Gasteiger partial charge in [0.05, 0.1) is 12.1 Å². The number of nitrogens with one attached hydrogen (secondary N) is 1. The molecule has 2 aromatic carbocycles. The van der Waals surface area contributed by atoms with Gasteiger partial charge in [0.15, 0.2) is 5.78 Å². The Morgan fingerprint density at radius 1 is 1.09 bits per heavy atom. The molecular formula is C19H19NO3. The van der Waals surface area contributed by atoms with E-state index in [9.17, 15) is 14.7 Å². The Morgan fingerprint density at radius 2 is 1.74 bits per heavy atom. The molecule has 1 unspecified atom stereocenters. The van der Waals surface area contributed by atoms with Gasteiger partial charge in [-0.15, -0.1) is 0 Å². The molecule has 0 aliphatic heterocycles. The van der Waals surface area contributed by atoms with E-state index in [1.54, 1.807) is 24.3 Å². The van der Waals surface area contributed by atoms with Crippen molar-refractivity contribution >= 4 is 11.7 Å². The van der Waals surface area contributed by atoms with Gasteiger partial charge in [0.2, 0.25) is 0 Å². The number of rotatable bonds is 4. The van der Waals surface area contributed by atoms with Crippen LogP contribution in [0, 0.1) is 0 Å². The van der Waals surface area contributed by atoms with E-state index >= 15 is 0 Å². The van der Waals surface area contributed by atoms with Gasteiger partial charge in [0.1, 0.15) is 5.60 Å². The maximum absolute atomic E-state index is 12.4. The maximum atomic E-state index is 12.4. The van der Waals surface area contributed by atoms with Gasteiger partial charge < -0.3 is 10.4 Å². The summed E-state index contributed by atoms with van der Waals surface area (Å²) in [5.41, 5.74) is 1.68. The fourth-order valence-corrected chi connectivity index (χ4v) is 3.16. The van der Waals surface area contributed by atoms with E-state index < -0.39 is 5.60 Å². The van der Waals surface area contributed by atoms with Crippen molar-refractivity contribution in [2.24, 2.45) is 0 Å². The molecular weight excluding hydrogens is 290 g/mol. The first-order valence-electron chi connectivity index (χ1n) is 7.70. The third kappa shape index (κ3) is 2.90. The Labute approximate surface area is 135 Å². The minimum Gasteiger partial charge on any atom is -0.383 e. The van der Waals surface area contributed by atoms with Crippen molar-refractivity contribution in [1.82, 2.24) is 5.32 Å². The smallest absolute Gasteiger partial charge is 0.252 e. The highest BCUT2D eigenvalue weighted by atomic mass is 16.3. The van der Waals surface area contributed by atoms with E-state index in [0.717, 1.165) is 17.5 Å². The molecule has 1 atom stereocenters. The Hall–Kier alpha value is -2.46. The lowest BCUT2D eigenvalue weighted by Crippen LogP contribution is -2.39. The van der Waals surface area contributed by atoms with Gasteiger partial charge in [-0.05, 0) is 37.0 Å². The summed E-state index contributed by atoms with van der Waals surface area (Å²) in [6.07, 6.45) is 1.38. The molecule has 0 saturated carbocycles. The van der Waals surface area contributed by atoms with Crippen molar-refractivity contribution in [2.75, 3.05) is 6.54 Å². The van der Waals surface area contributed by atoms with Gasteiger partial charge in [0.25, 0.3) is 5.91 Å². The molecule has 2 aromatic rings. The molecule has 1 aliphatic rings. The molecule has 0 fully saturated rings. The van der Waals surface area contributed by atoms with Crippen LogP contribution in [0.2, 0.25) is 0 Å². The number of fused-ring (bicyclic) bond motifs is 1. The van der Waals surface area contributed by atoms with Crippen molar-refractivity contribution in [3.8, 4) is 0 Å². The molecule has 118 valence electrons. The third-order valence-corrected chi connectivity index (χ3v) is 4.42. The van der Waals surface area contributed by atoms with Crippen LogP contribution in [0.25, 0.3) is 0 Å². The zero-order valence-corrected chi connectivity index (χ0v) is 13.0. The second-order valence-corrected chi connectivity index (χ2v) is 5.97. The highest BCUT2D eigenvalue weighted by Crippen LogP contribution is 2.36. The zero-order valence-electron chi connectivity index (χ0n) is 13.0. The van der Waals surface area contributed by atoms with E-state index in [1.165, 1.54) is 6.92 Å². The highest BCUT2D eigenvalue weighted by molar-refractivity contribution is 6.07. The summed E-state index contributed by atoms with van der Waals surface area (Å²) < 4.78 is 0. The Bertz CT molecular complexity index is 769. The van der Waals surface area contributed by atoms with Crippen LogP contribution in [0.3, 0.4) is 0 Å². The molecule has 0 aromatic heterocycles. The number of aryl methyl sites for hydroxylation is 1. The third-order valence-electron chi connectivity index (χ3n) is 4.42. The Kier molecular flexibility index (Phi) is 4.01. The van der Waals surface area contributed by atoms with Crippen molar-refractivity contribution in [1.29, 1.82) is 0 Å². The number of aliphatic hydroxyl groups is 1. The van der Waals surface area contributed by atoms with Crippen LogP contribution in [0.5, 0.6) is 0 Å². The minimum atomic E-state index is -1.04. The largest absolute Gasteiger partial charge is 0.383 e. The molecule has 4 heteroatoms. The number of amides is 1. The van der Waals surface area contributed by atoms with Crippen LogP contribution in [0.1, 0.15) is 45.2 Å². The topological polar surface area (TPSA) is 66.4 Å². The van der Waals surface area contributed by atoms with Crippen molar-refractivity contribution in [2.45, 2.75) is 25.4 Å². The molecule has 1 amide bonds. The van der Waals surface area contributed by atoms with Gasteiger partial charge >= 0.3 is 0 Å². The summed E-state index contributed by atoms with van der Waals surface area (Å²) in [6, 6.07) is 14.5. The van der Waals surface area contributed by atoms with Gasteiger partial charge in [-0.3, -0.25) is 9.59 Å². The molecule has 0 spiro atoms. The molecule has 4 nitrogen and oxygen atoms in total. The summed E-state index contributed by atoms with van der Waals surface area (Å²) in [5, 5.41) is 13.6. The standard InChI is InChI=1S/C19H19NO3/c1-13(21)15-7-3-4-8-16(15)18(22)20-12-19(23)11-10-14-6-2-5-9-17(14)19/h2-9,23H,10-12H2,1H3,(H,20,22). The molecule has 23 heavy (non-hydrogen) atoms. The second kappa shape index (κ2) is 5.97. The van der Waals surface area contributed by atoms with E-state index in [2.05, 4.69) is 5.32 Å². The van der Waals surface area contributed by atoms with Crippen LogP contribution in [-0.2, 0) is 12.0 Å². The summed E-state index contributed by atoms with van der Waals surface area (Å²) in [5.74, 6) is -0.491. The number of ketones is 1. The lowest BCUT2D eigenvalue weighted by atomic mass is 9.95. The molecule has 0 radical (unpaired) electrons. The number of Topliss-reactive ketones (excluding diaryl/α,β-unsaturated/α-hetero) is 1. The maximum Gasteiger partial charge on any atom is 0.252 e. The monoisotopic (exact) mass is 309 g/mol. The number of benzene rings is 2. The summed E-state index contributed by atoms with van der Waals surface area (Å²) in [4.78, 5) is 24.0. The lowest BCUT2D eigenvalue weighted by molar-refractivity contribution is 0.0369. The van der Waals surface area contributed by atoms with Crippen LogP contribution in [-0.4, -0.2) is 23.3 Å². The van der Waals surface area contributed by atoms with E-state index in [4.69, 9.17) is 0 Å². The van der Waals surface area contributed by atoms with Gasteiger partial charge in [-0.2, -0.15) is 0 Å². The molecule has 0 heterocycles. The number of carbonyl (C=O) groups is 2. The molecule has 3 rings (SSSR count). The van der Waals surface area contributed by atoms with Crippen LogP contribution in [0.4, 0.5) is 0 Å². The minimum absolute atomic E-state index is 0.134. The van der Waals surface area contributed by atoms with Crippen LogP contribution < -0.4 is 5.32 Å². The van der Waals surface area contributed by atoms with Crippen LogP contribution >= 0.6 is 0 Å². The Morgan fingerprint density at radius 3 is 2.48 bits per heavy atom. The van der Waals surface area contributed by atoms with Crippen LogP contribution in [0.15, 0.2) is 48.5 Å². The van der Waals surface area contributed by atoms with Crippen molar-refractivity contribution in [3.63, 3.8) is 0 Å². The van der Waals surface area contributed by atoms with E-state index in [-0.39, 0.29) is 18.2 Å². The van der Waals surface area contributed by atoms with Gasteiger partial charge in [-0.1, -0.05) is 42.5 Å². The normalized spacial score (nSPS) is 19.2.